The summed E-state index contributed by atoms with van der Waals surface area (Å²) in [6.45, 7) is 11.0. The molecule has 0 aliphatic carbocycles. The topological polar surface area (TPSA) is 168 Å². The Kier molecular flexibility index (Phi) is 13.3. The summed E-state index contributed by atoms with van der Waals surface area (Å²) in [6.07, 6.45) is 2.82. The van der Waals surface area contributed by atoms with Gasteiger partial charge in [0.1, 0.15) is 12.6 Å². The maximum absolute atomic E-state index is 12.6. The molecule has 1 unspecified atom stereocenters. The lowest BCUT2D eigenvalue weighted by Gasteiger charge is -2.25. The molecule has 0 saturated carbocycles. The number of nitrogens with zero attached hydrogens (tertiary/aromatic N) is 1. The normalized spacial score (nSPS) is 14.5. The number of rotatable bonds is 11. The molecule has 33 heavy (non-hydrogen) atoms. The van der Waals surface area contributed by atoms with Crippen LogP contribution in [0.3, 0.4) is 0 Å². The summed E-state index contributed by atoms with van der Waals surface area (Å²) in [5, 5.41) is 7.49. The maximum atomic E-state index is 12.6. The minimum Gasteiger partial charge on any atom is -0.352 e. The Morgan fingerprint density at radius 3 is 1.91 bits per heavy atom. The van der Waals surface area contributed by atoms with E-state index in [1.54, 1.807) is 13.8 Å². The van der Waals surface area contributed by atoms with Crippen LogP contribution in [0, 0.1) is 11.8 Å². The molecule has 11 nitrogen and oxygen atoms in total. The van der Waals surface area contributed by atoms with Crippen LogP contribution in [-0.2, 0) is 24.0 Å². The van der Waals surface area contributed by atoms with Crippen LogP contribution in [0.4, 0.5) is 4.79 Å². The van der Waals surface area contributed by atoms with Gasteiger partial charge in [-0.2, -0.15) is 0 Å². The van der Waals surface area contributed by atoms with Gasteiger partial charge in [-0.05, 0) is 31.6 Å². The quantitative estimate of drug-likeness (QED) is 0.251. The lowest BCUT2D eigenvalue weighted by Crippen LogP contribution is -2.55. The first-order valence-electron chi connectivity index (χ1n) is 10.9. The molecule has 0 aromatic rings. The van der Waals surface area contributed by atoms with Gasteiger partial charge in [-0.1, -0.05) is 34.6 Å². The van der Waals surface area contributed by atoms with Gasteiger partial charge in [0.05, 0.1) is 6.04 Å². The fraction of sp³-hybridized carbons (Fsp3) is 0.636. The lowest BCUT2D eigenvalue weighted by atomic mass is 10.0. The molecule has 0 fully saturated rings. The Balaban J connectivity index is 0.00000235. The summed E-state index contributed by atoms with van der Waals surface area (Å²) in [5.74, 6) is -2.19. The van der Waals surface area contributed by atoms with E-state index in [0.717, 1.165) is 23.0 Å². The number of hydrogen-bond acceptors (Lipinski definition) is 6. The summed E-state index contributed by atoms with van der Waals surface area (Å²) in [4.78, 5) is 71.2. The average molecular weight is 468 g/mol. The van der Waals surface area contributed by atoms with E-state index >= 15 is 0 Å². The second-order valence-electron chi connectivity index (χ2n) is 8.72. The highest BCUT2D eigenvalue weighted by molar-refractivity contribution is 6.14. The van der Waals surface area contributed by atoms with Gasteiger partial charge in [0.15, 0.2) is 5.78 Å². The first-order chi connectivity index (χ1) is 15.3. The third-order valence-corrected chi connectivity index (χ3v) is 4.24. The number of primary amides is 1. The fourth-order valence-electron chi connectivity index (χ4n) is 2.64. The van der Waals surface area contributed by atoms with Gasteiger partial charge in [0, 0.05) is 18.7 Å². The van der Waals surface area contributed by atoms with Gasteiger partial charge in [-0.15, -0.1) is 0 Å². The van der Waals surface area contributed by atoms with Crippen molar-refractivity contribution < 1.29 is 28.8 Å². The first kappa shape index (κ1) is 29.8. The summed E-state index contributed by atoms with van der Waals surface area (Å²) in [7, 11) is 0. The van der Waals surface area contributed by atoms with E-state index in [9.17, 15) is 28.8 Å². The number of carbonyl (C=O) groups excluding carboxylic acids is 6. The van der Waals surface area contributed by atoms with Crippen LogP contribution < -0.4 is 21.7 Å². The summed E-state index contributed by atoms with van der Waals surface area (Å²) in [6, 6.07) is -2.43. The highest BCUT2D eigenvalue weighted by atomic mass is 16.2. The van der Waals surface area contributed by atoms with E-state index in [4.69, 9.17) is 5.73 Å². The number of imide groups is 1. The highest BCUT2D eigenvalue weighted by Gasteiger charge is 2.30. The molecular weight excluding hydrogens is 430 g/mol. The zero-order valence-electron chi connectivity index (χ0n) is 20.3. The van der Waals surface area contributed by atoms with Gasteiger partial charge >= 0.3 is 6.03 Å². The molecule has 1 aliphatic heterocycles. The van der Waals surface area contributed by atoms with E-state index in [1.807, 2.05) is 0 Å². The smallest absolute Gasteiger partial charge is 0.312 e. The molecule has 6 amide bonds. The molecule has 5 N–H and O–H groups in total. The molecule has 1 heterocycles. The summed E-state index contributed by atoms with van der Waals surface area (Å²) < 4.78 is 0. The van der Waals surface area contributed by atoms with Crippen LogP contribution >= 0.6 is 0 Å². The third-order valence-electron chi connectivity index (χ3n) is 4.24. The van der Waals surface area contributed by atoms with Crippen molar-refractivity contribution in [1.29, 1.82) is 0 Å². The monoisotopic (exact) mass is 467 g/mol. The van der Waals surface area contributed by atoms with E-state index in [2.05, 4.69) is 36.7 Å². The number of nitrogens with two attached hydrogens (primary N) is 1. The Labute approximate surface area is 194 Å². The highest BCUT2D eigenvalue weighted by Crippen LogP contribution is 2.07. The van der Waals surface area contributed by atoms with Crippen molar-refractivity contribution in [3.63, 3.8) is 0 Å². The van der Waals surface area contributed by atoms with E-state index in [0.29, 0.717) is 6.42 Å². The molecule has 0 radical (unpaired) electrons. The molecule has 186 valence electrons. The largest absolute Gasteiger partial charge is 0.352 e. The molecule has 0 aromatic heterocycles. The van der Waals surface area contributed by atoms with Crippen LogP contribution in [0.25, 0.3) is 0 Å². The fourth-order valence-corrected chi connectivity index (χ4v) is 2.64. The maximum Gasteiger partial charge on any atom is 0.312 e. The van der Waals surface area contributed by atoms with Crippen LogP contribution in [-0.4, -0.2) is 65.5 Å². The number of ketones is 1. The second kappa shape index (κ2) is 14.8. The molecule has 0 bridgehead atoms. The summed E-state index contributed by atoms with van der Waals surface area (Å²) >= 11 is 0. The van der Waals surface area contributed by atoms with Crippen molar-refractivity contribution in [2.75, 3.05) is 13.1 Å². The number of carbonyl (C=O) groups is 6. The van der Waals surface area contributed by atoms with Crippen molar-refractivity contribution in [3.05, 3.63) is 12.2 Å². The van der Waals surface area contributed by atoms with Gasteiger partial charge in [-0.25, -0.2) is 4.79 Å². The predicted octanol–water partition coefficient (Wildman–Crippen LogP) is 0.237. The average Bonchev–Trinajstić information content (AvgIpc) is 2.99. The predicted molar refractivity (Wildman–Crippen MR) is 123 cm³/mol. The number of nitrogens with one attached hydrogen (secondary N) is 3. The molecule has 0 saturated heterocycles. The van der Waals surface area contributed by atoms with E-state index in [1.165, 1.54) is 6.92 Å². The minimum absolute atomic E-state index is 0.255. The van der Waals surface area contributed by atoms with E-state index < -0.39 is 48.3 Å². The van der Waals surface area contributed by atoms with Crippen molar-refractivity contribution >= 4 is 35.4 Å². The number of hydrogen-bond donors (Lipinski definition) is 4. The van der Waals surface area contributed by atoms with Crippen LogP contribution in [0.15, 0.2) is 12.2 Å². The SMILES string of the molecule is CC(=O)[C@@H](CCCNC(N)=O)NC(=O)C(NC(=O)CN1C(=O)C=CC1=O)C(C)C.CC(C)C. The van der Waals surface area contributed by atoms with E-state index in [-0.39, 0.29) is 24.7 Å². The number of urea groups is 1. The van der Waals surface area contributed by atoms with Gasteiger partial charge in [-0.3, -0.25) is 28.9 Å². The van der Waals surface area contributed by atoms with Crippen molar-refractivity contribution in [1.82, 2.24) is 20.9 Å². The van der Waals surface area contributed by atoms with Gasteiger partial charge in [0.25, 0.3) is 11.8 Å². The van der Waals surface area contributed by atoms with Crippen molar-refractivity contribution in [2.45, 2.75) is 66.5 Å². The van der Waals surface area contributed by atoms with Crippen LogP contribution in [0.1, 0.15) is 54.4 Å². The molecule has 2 atom stereocenters. The first-order valence-corrected chi connectivity index (χ1v) is 10.9. The molecule has 0 spiro atoms. The zero-order chi connectivity index (χ0) is 25.7. The number of Topliss-reactive ketones (excluding diaryl/α,β-unsaturated/α-hetero) is 1. The Morgan fingerprint density at radius 1 is 0.970 bits per heavy atom. The lowest BCUT2D eigenvalue weighted by molar-refractivity contribution is -0.141. The molecule has 1 rings (SSSR count). The Bertz CT molecular complexity index is 742. The Hall–Kier alpha value is -3.24. The zero-order valence-corrected chi connectivity index (χ0v) is 20.3. The van der Waals surface area contributed by atoms with Crippen molar-refractivity contribution in [3.8, 4) is 0 Å². The molecule has 11 heteroatoms. The minimum atomic E-state index is -0.964. The van der Waals surface area contributed by atoms with Crippen molar-refractivity contribution in [2.24, 2.45) is 17.6 Å². The second-order valence-corrected chi connectivity index (χ2v) is 8.72. The van der Waals surface area contributed by atoms with Crippen LogP contribution in [0.2, 0.25) is 0 Å². The Morgan fingerprint density at radius 2 is 1.48 bits per heavy atom. The molecule has 1 aliphatic rings. The summed E-state index contributed by atoms with van der Waals surface area (Å²) in [5.41, 5.74) is 4.97. The number of amides is 6. The third kappa shape index (κ3) is 12.4. The molecular formula is C22H37N5O6. The molecule has 0 aromatic carbocycles. The van der Waals surface area contributed by atoms with Gasteiger partial charge < -0.3 is 21.7 Å². The van der Waals surface area contributed by atoms with Gasteiger partial charge in [0.2, 0.25) is 11.8 Å². The standard InChI is InChI=1S/C18H27N5O6.C4H10/c1-10(2)16(22-13(25)9-23-14(26)6-7-15(23)27)17(28)21-12(11(3)24)5-4-8-20-18(19)29;1-4(2)3/h6-7,10,12,16H,4-5,8-9H2,1-3H3,(H,21,28)(H,22,25)(H3,19,20,29);4H,1-3H3/t12-,16?;/m1./s1. The van der Waals surface area contributed by atoms with Crippen LogP contribution in [0.5, 0.6) is 0 Å².